The number of hydrogen-bond acceptors (Lipinski definition) is 4. The van der Waals surface area contributed by atoms with Crippen LogP contribution in [0.25, 0.3) is 5.70 Å². The van der Waals surface area contributed by atoms with Crippen LogP contribution in [0.1, 0.15) is 11.1 Å². The Hall–Kier alpha value is -2.15. The molecule has 0 unspecified atom stereocenters. The van der Waals surface area contributed by atoms with Gasteiger partial charge in [-0.05, 0) is 24.1 Å². The van der Waals surface area contributed by atoms with Crippen molar-refractivity contribution in [3.05, 3.63) is 29.3 Å². The van der Waals surface area contributed by atoms with Crippen LogP contribution in [0.5, 0.6) is 11.5 Å². The van der Waals surface area contributed by atoms with Crippen LogP contribution in [0, 0.1) is 11.3 Å². The third-order valence-corrected chi connectivity index (χ3v) is 2.82. The second-order valence-corrected chi connectivity index (χ2v) is 3.73. The summed E-state index contributed by atoms with van der Waals surface area (Å²) in [5.41, 5.74) is 3.02. The molecular formula is C13H14N2O2. The highest BCUT2D eigenvalue weighted by molar-refractivity contribution is 5.72. The molecule has 0 spiro atoms. The van der Waals surface area contributed by atoms with Gasteiger partial charge in [-0.25, -0.2) is 0 Å². The van der Waals surface area contributed by atoms with Crippen molar-refractivity contribution in [2.45, 2.75) is 6.42 Å². The minimum atomic E-state index is 0.679. The zero-order valence-electron chi connectivity index (χ0n) is 9.91. The molecule has 0 bridgehead atoms. The van der Waals surface area contributed by atoms with E-state index < -0.39 is 0 Å². The maximum atomic E-state index is 8.75. The molecule has 1 aromatic carbocycles. The fourth-order valence-corrected chi connectivity index (χ4v) is 2.00. The Morgan fingerprint density at radius 2 is 2.00 bits per heavy atom. The van der Waals surface area contributed by atoms with Gasteiger partial charge in [0.05, 0.1) is 26.0 Å². The molecule has 0 fully saturated rings. The molecule has 0 saturated heterocycles. The fourth-order valence-electron chi connectivity index (χ4n) is 2.00. The highest BCUT2D eigenvalue weighted by atomic mass is 16.5. The zero-order chi connectivity index (χ0) is 12.3. The molecular weight excluding hydrogens is 216 g/mol. The Kier molecular flexibility index (Phi) is 3.20. The van der Waals surface area contributed by atoms with E-state index >= 15 is 0 Å². The summed E-state index contributed by atoms with van der Waals surface area (Å²) < 4.78 is 10.5. The number of hydrogen-bond donors (Lipinski definition) is 1. The molecule has 88 valence electrons. The smallest absolute Gasteiger partial charge is 0.161 e. The molecule has 1 aliphatic rings. The number of allylic oxidation sites excluding steroid dienone is 1. The van der Waals surface area contributed by atoms with E-state index in [0.29, 0.717) is 5.75 Å². The van der Waals surface area contributed by atoms with Gasteiger partial charge in [-0.1, -0.05) is 0 Å². The van der Waals surface area contributed by atoms with Gasteiger partial charge in [-0.2, -0.15) is 5.26 Å². The predicted molar refractivity (Wildman–Crippen MR) is 64.8 cm³/mol. The van der Waals surface area contributed by atoms with Gasteiger partial charge in [0.25, 0.3) is 0 Å². The average molecular weight is 230 g/mol. The van der Waals surface area contributed by atoms with Gasteiger partial charge in [0.15, 0.2) is 11.5 Å². The van der Waals surface area contributed by atoms with Crippen LogP contribution in [-0.2, 0) is 6.42 Å². The maximum absolute atomic E-state index is 8.75. The molecule has 1 heterocycles. The number of nitrogens with one attached hydrogen (secondary N) is 1. The lowest BCUT2D eigenvalue weighted by atomic mass is 9.97. The first-order valence-corrected chi connectivity index (χ1v) is 5.39. The van der Waals surface area contributed by atoms with Crippen LogP contribution in [-0.4, -0.2) is 20.8 Å². The summed E-state index contributed by atoms with van der Waals surface area (Å²) >= 11 is 0. The molecule has 1 aromatic rings. The minimum absolute atomic E-state index is 0.679. The first kappa shape index (κ1) is 11.3. The molecule has 4 nitrogen and oxygen atoms in total. The maximum Gasteiger partial charge on any atom is 0.161 e. The molecule has 0 aromatic heterocycles. The van der Waals surface area contributed by atoms with Crippen LogP contribution in [0.15, 0.2) is 18.2 Å². The second kappa shape index (κ2) is 4.79. The van der Waals surface area contributed by atoms with Gasteiger partial charge < -0.3 is 14.8 Å². The molecule has 4 heteroatoms. The van der Waals surface area contributed by atoms with E-state index in [4.69, 9.17) is 14.7 Å². The third kappa shape index (κ3) is 2.04. The van der Waals surface area contributed by atoms with Crippen LogP contribution >= 0.6 is 0 Å². The molecule has 0 amide bonds. The summed E-state index contributed by atoms with van der Waals surface area (Å²) in [4.78, 5) is 0. The Morgan fingerprint density at radius 1 is 1.29 bits per heavy atom. The van der Waals surface area contributed by atoms with E-state index in [-0.39, 0.29) is 0 Å². The first-order valence-electron chi connectivity index (χ1n) is 5.39. The van der Waals surface area contributed by atoms with Crippen molar-refractivity contribution in [3.63, 3.8) is 0 Å². The van der Waals surface area contributed by atoms with Crippen molar-refractivity contribution in [2.75, 3.05) is 20.8 Å². The van der Waals surface area contributed by atoms with Crippen molar-refractivity contribution in [3.8, 4) is 17.6 Å². The molecule has 1 aliphatic heterocycles. The van der Waals surface area contributed by atoms with E-state index in [1.165, 1.54) is 11.6 Å². The number of nitriles is 1. The van der Waals surface area contributed by atoms with Crippen molar-refractivity contribution in [1.82, 2.24) is 5.32 Å². The summed E-state index contributed by atoms with van der Waals surface area (Å²) in [5, 5.41) is 12.0. The Bertz CT molecular complexity index is 501. The lowest BCUT2D eigenvalue weighted by molar-refractivity contribution is 0.354. The van der Waals surface area contributed by atoms with Gasteiger partial charge >= 0.3 is 0 Å². The SMILES string of the molecule is COc1cc2c(cc1OC)/C(=C\C#N)NCC2. The summed E-state index contributed by atoms with van der Waals surface area (Å²) in [7, 11) is 3.23. The van der Waals surface area contributed by atoms with Crippen molar-refractivity contribution in [2.24, 2.45) is 0 Å². The van der Waals surface area contributed by atoms with E-state index in [1.807, 2.05) is 18.2 Å². The summed E-state index contributed by atoms with van der Waals surface area (Å²) in [5.74, 6) is 1.41. The highest BCUT2D eigenvalue weighted by Crippen LogP contribution is 2.34. The predicted octanol–water partition coefficient (Wildman–Crippen LogP) is 1.71. The molecule has 0 saturated carbocycles. The van der Waals surface area contributed by atoms with Crippen molar-refractivity contribution >= 4 is 5.70 Å². The highest BCUT2D eigenvalue weighted by Gasteiger charge is 2.17. The first-order chi connectivity index (χ1) is 8.30. The minimum Gasteiger partial charge on any atom is -0.493 e. The van der Waals surface area contributed by atoms with Crippen molar-refractivity contribution in [1.29, 1.82) is 5.26 Å². The number of fused-ring (bicyclic) bond motifs is 1. The number of methoxy groups -OCH3 is 2. The van der Waals surface area contributed by atoms with Gasteiger partial charge in [0.1, 0.15) is 0 Å². The molecule has 0 aliphatic carbocycles. The van der Waals surface area contributed by atoms with Crippen LogP contribution < -0.4 is 14.8 Å². The zero-order valence-corrected chi connectivity index (χ0v) is 9.91. The third-order valence-electron chi connectivity index (χ3n) is 2.82. The lowest BCUT2D eigenvalue weighted by Gasteiger charge is -2.22. The average Bonchev–Trinajstić information content (AvgIpc) is 2.38. The van der Waals surface area contributed by atoms with E-state index in [1.54, 1.807) is 14.2 Å². The van der Waals surface area contributed by atoms with Gasteiger partial charge in [0, 0.05) is 18.2 Å². The summed E-state index contributed by atoms with van der Waals surface area (Å²) in [6.07, 6.45) is 2.43. The van der Waals surface area contributed by atoms with Gasteiger partial charge in [-0.3, -0.25) is 0 Å². The Morgan fingerprint density at radius 3 is 2.65 bits per heavy atom. The van der Waals surface area contributed by atoms with Crippen LogP contribution in [0.3, 0.4) is 0 Å². The lowest BCUT2D eigenvalue weighted by Crippen LogP contribution is -2.22. The number of nitrogens with zero attached hydrogens (tertiary/aromatic N) is 1. The van der Waals surface area contributed by atoms with Gasteiger partial charge in [-0.15, -0.1) is 0 Å². The van der Waals surface area contributed by atoms with Crippen molar-refractivity contribution < 1.29 is 9.47 Å². The number of rotatable bonds is 2. The van der Waals surface area contributed by atoms with Crippen LogP contribution in [0.2, 0.25) is 0 Å². The molecule has 0 radical (unpaired) electrons. The van der Waals surface area contributed by atoms with Crippen LogP contribution in [0.4, 0.5) is 0 Å². The summed E-state index contributed by atoms with van der Waals surface area (Å²) in [6.45, 7) is 0.829. The summed E-state index contributed by atoms with van der Waals surface area (Å²) in [6, 6.07) is 5.93. The Labute approximate surface area is 100 Å². The topological polar surface area (TPSA) is 54.3 Å². The standard InChI is InChI=1S/C13H14N2O2/c1-16-12-7-9-4-6-15-11(3-5-14)10(9)8-13(12)17-2/h3,7-8,15H,4,6H2,1-2H3/b11-3+. The second-order valence-electron chi connectivity index (χ2n) is 3.73. The monoisotopic (exact) mass is 230 g/mol. The number of benzene rings is 1. The number of ether oxygens (including phenoxy) is 2. The molecule has 17 heavy (non-hydrogen) atoms. The largest absolute Gasteiger partial charge is 0.493 e. The van der Waals surface area contributed by atoms with Gasteiger partial charge in [0.2, 0.25) is 0 Å². The van der Waals surface area contributed by atoms with E-state index in [2.05, 4.69) is 5.32 Å². The quantitative estimate of drug-likeness (QED) is 0.786. The fraction of sp³-hybridized carbons (Fsp3) is 0.308. The molecule has 1 N–H and O–H groups in total. The normalized spacial score (nSPS) is 15.7. The Balaban J connectivity index is 2.55. The van der Waals surface area contributed by atoms with E-state index in [9.17, 15) is 0 Å². The molecule has 2 rings (SSSR count). The van der Waals surface area contributed by atoms with E-state index in [0.717, 1.165) is 30.0 Å². The molecule has 0 atom stereocenters.